The molecule has 0 aliphatic carbocycles. The summed E-state index contributed by atoms with van der Waals surface area (Å²) in [5.41, 5.74) is 1.25. The third-order valence-corrected chi connectivity index (χ3v) is 7.12. The Morgan fingerprint density at radius 2 is 2.12 bits per heavy atom. The van der Waals surface area contributed by atoms with E-state index in [2.05, 4.69) is 23.8 Å². The molecule has 0 spiro atoms. The van der Waals surface area contributed by atoms with Crippen molar-refractivity contribution in [1.29, 1.82) is 0 Å². The molecule has 0 amide bonds. The van der Waals surface area contributed by atoms with Crippen LogP contribution in [-0.4, -0.2) is 32.9 Å². The summed E-state index contributed by atoms with van der Waals surface area (Å²) >= 11 is 8.05. The molecule has 176 valence electrons. The molecule has 8 heteroatoms. The second-order valence-corrected chi connectivity index (χ2v) is 9.52. The maximum absolute atomic E-state index is 13.1. The summed E-state index contributed by atoms with van der Waals surface area (Å²) in [7, 11) is 0. The first kappa shape index (κ1) is 25.2. The number of esters is 1. The summed E-state index contributed by atoms with van der Waals surface area (Å²) in [5.74, 6) is 0.757. The highest BCUT2D eigenvalue weighted by Crippen LogP contribution is 2.32. The topological polar surface area (TPSA) is 74.1 Å². The van der Waals surface area contributed by atoms with Gasteiger partial charge in [-0.05, 0) is 36.1 Å². The van der Waals surface area contributed by atoms with Crippen LogP contribution in [-0.2, 0) is 16.1 Å². The average Bonchev–Trinajstić information content (AvgIpc) is 2.83. The summed E-state index contributed by atoms with van der Waals surface area (Å²) in [6.07, 6.45) is 9.65. The molecule has 1 unspecified atom stereocenters. The van der Waals surface area contributed by atoms with Crippen LogP contribution in [0.4, 0.5) is 0 Å². The van der Waals surface area contributed by atoms with E-state index in [-0.39, 0.29) is 11.5 Å². The Bertz CT molecular complexity index is 1120. The van der Waals surface area contributed by atoms with E-state index in [1.807, 2.05) is 18.2 Å². The number of aromatic nitrogens is 3. The lowest BCUT2D eigenvalue weighted by atomic mass is 10.0. The third kappa shape index (κ3) is 7.05. The van der Waals surface area contributed by atoms with E-state index in [0.717, 1.165) is 36.1 Å². The molecule has 6 nitrogen and oxygen atoms in total. The van der Waals surface area contributed by atoms with Crippen LogP contribution in [0.2, 0.25) is 5.02 Å². The first-order chi connectivity index (χ1) is 16.0. The van der Waals surface area contributed by atoms with Gasteiger partial charge in [-0.3, -0.25) is 19.1 Å². The Balaban J connectivity index is 1.63. The van der Waals surface area contributed by atoms with Gasteiger partial charge in [-0.1, -0.05) is 50.8 Å². The van der Waals surface area contributed by atoms with Gasteiger partial charge in [-0.25, -0.2) is 4.98 Å². The smallest absolute Gasteiger partial charge is 0.306 e. The fourth-order valence-electron chi connectivity index (χ4n) is 3.52. The quantitative estimate of drug-likeness (QED) is 0.240. The summed E-state index contributed by atoms with van der Waals surface area (Å²) in [6.45, 7) is 5.15. The molecule has 2 heterocycles. The van der Waals surface area contributed by atoms with E-state index in [1.54, 1.807) is 18.5 Å². The molecule has 33 heavy (non-hydrogen) atoms. The largest absolute Gasteiger partial charge is 0.465 e. The van der Waals surface area contributed by atoms with Crippen LogP contribution in [0, 0.1) is 5.92 Å². The van der Waals surface area contributed by atoms with Crippen LogP contribution in [0.15, 0.2) is 52.7 Å². The van der Waals surface area contributed by atoms with Crippen molar-refractivity contribution in [2.45, 2.75) is 57.4 Å². The van der Waals surface area contributed by atoms with Crippen molar-refractivity contribution < 1.29 is 9.53 Å². The molecule has 0 aliphatic heterocycles. The Labute approximate surface area is 203 Å². The number of rotatable bonds is 12. The number of benzene rings is 1. The number of hydrogen-bond donors (Lipinski definition) is 0. The lowest BCUT2D eigenvalue weighted by Crippen LogP contribution is -2.21. The molecule has 1 aromatic carbocycles. The second kappa shape index (κ2) is 12.8. The number of ether oxygens (including phenoxy) is 1. The van der Waals surface area contributed by atoms with Crippen LogP contribution in [0.1, 0.15) is 51.5 Å². The zero-order chi connectivity index (χ0) is 23.6. The summed E-state index contributed by atoms with van der Waals surface area (Å²) in [4.78, 5) is 34.5. The summed E-state index contributed by atoms with van der Waals surface area (Å²) < 4.78 is 7.00. The van der Waals surface area contributed by atoms with Crippen molar-refractivity contribution in [3.05, 3.63) is 63.9 Å². The Morgan fingerprint density at radius 1 is 1.27 bits per heavy atom. The second-order valence-electron chi connectivity index (χ2n) is 8.01. The summed E-state index contributed by atoms with van der Waals surface area (Å²) in [6, 6.07) is 7.37. The highest BCUT2D eigenvalue weighted by molar-refractivity contribution is 7.99. The van der Waals surface area contributed by atoms with Gasteiger partial charge in [0.1, 0.15) is 0 Å². The van der Waals surface area contributed by atoms with E-state index >= 15 is 0 Å². The number of nitrogens with zero attached hydrogens (tertiary/aromatic N) is 3. The number of thioether (sulfide) groups is 1. The van der Waals surface area contributed by atoms with Crippen LogP contribution < -0.4 is 5.56 Å². The molecular formula is C25H30ClN3O3S. The minimum Gasteiger partial charge on any atom is -0.465 e. The van der Waals surface area contributed by atoms with Crippen molar-refractivity contribution in [1.82, 2.24) is 14.5 Å². The van der Waals surface area contributed by atoms with Gasteiger partial charge in [0, 0.05) is 23.0 Å². The molecule has 2 aromatic heterocycles. The van der Waals surface area contributed by atoms with Crippen molar-refractivity contribution in [3.8, 4) is 0 Å². The van der Waals surface area contributed by atoms with E-state index < -0.39 is 0 Å². The molecule has 0 bridgehead atoms. The van der Waals surface area contributed by atoms with E-state index in [9.17, 15) is 9.59 Å². The maximum atomic E-state index is 13.1. The van der Waals surface area contributed by atoms with Gasteiger partial charge < -0.3 is 4.74 Å². The number of unbranched alkanes of at least 4 members (excludes halogenated alkanes) is 1. The SMILES string of the molecule is CCCCC(CC)COC(=O)CCSc1ccc2ncn(Cc3cccnc3)c(=O)c2c1Cl. The number of fused-ring (bicyclic) bond motifs is 1. The lowest BCUT2D eigenvalue weighted by molar-refractivity contribution is -0.144. The number of halogens is 1. The fourth-order valence-corrected chi connectivity index (χ4v) is 4.81. The molecule has 0 N–H and O–H groups in total. The normalized spacial score (nSPS) is 12.1. The average molecular weight is 488 g/mol. The summed E-state index contributed by atoms with van der Waals surface area (Å²) in [5, 5.41) is 0.756. The van der Waals surface area contributed by atoms with Crippen LogP contribution in [0.3, 0.4) is 0 Å². The number of carbonyl (C=O) groups is 1. The molecule has 1 atom stereocenters. The van der Waals surface area contributed by atoms with Gasteiger partial charge in [-0.2, -0.15) is 0 Å². The highest BCUT2D eigenvalue weighted by Gasteiger charge is 2.14. The van der Waals surface area contributed by atoms with Crippen molar-refractivity contribution in [2.75, 3.05) is 12.4 Å². The van der Waals surface area contributed by atoms with Gasteiger partial charge in [0.15, 0.2) is 0 Å². The molecular weight excluding hydrogens is 458 g/mol. The van der Waals surface area contributed by atoms with Gasteiger partial charge in [0.2, 0.25) is 0 Å². The molecule has 0 fully saturated rings. The van der Waals surface area contributed by atoms with Crippen molar-refractivity contribution in [3.63, 3.8) is 0 Å². The van der Waals surface area contributed by atoms with Gasteiger partial charge in [0.25, 0.3) is 5.56 Å². The lowest BCUT2D eigenvalue weighted by Gasteiger charge is -2.14. The van der Waals surface area contributed by atoms with Crippen molar-refractivity contribution >= 4 is 40.2 Å². The molecule has 0 aliphatic rings. The Hall–Kier alpha value is -2.38. The third-order valence-electron chi connectivity index (χ3n) is 5.56. The number of carbonyl (C=O) groups excluding carboxylic acids is 1. The number of pyridine rings is 1. The van der Waals surface area contributed by atoms with Gasteiger partial charge >= 0.3 is 5.97 Å². The molecule has 0 saturated heterocycles. The first-order valence-corrected chi connectivity index (χ1v) is 12.7. The standard InChI is InChI=1S/C25H30ClN3O3S/c1-3-5-7-18(4-2)16-32-22(30)11-13-33-21-10-9-20-23(24(21)26)25(31)29(17-28-20)15-19-8-6-12-27-14-19/h6,8-10,12,14,17-18H,3-5,7,11,13,15-16H2,1-2H3. The van der Waals surface area contributed by atoms with E-state index in [0.29, 0.717) is 47.2 Å². The maximum Gasteiger partial charge on any atom is 0.306 e. The zero-order valence-electron chi connectivity index (χ0n) is 19.1. The minimum absolute atomic E-state index is 0.199. The zero-order valence-corrected chi connectivity index (χ0v) is 20.7. The molecule has 3 rings (SSSR count). The minimum atomic E-state index is -0.201. The number of hydrogen-bond acceptors (Lipinski definition) is 6. The van der Waals surface area contributed by atoms with Crippen LogP contribution in [0.25, 0.3) is 10.9 Å². The highest BCUT2D eigenvalue weighted by atomic mass is 35.5. The predicted octanol–water partition coefficient (Wildman–Crippen LogP) is 5.74. The predicted molar refractivity (Wildman–Crippen MR) is 134 cm³/mol. The first-order valence-electron chi connectivity index (χ1n) is 11.4. The molecule has 3 aromatic rings. The Morgan fingerprint density at radius 3 is 2.85 bits per heavy atom. The van der Waals surface area contributed by atoms with Gasteiger partial charge in [-0.15, -0.1) is 11.8 Å². The van der Waals surface area contributed by atoms with Crippen LogP contribution >= 0.6 is 23.4 Å². The van der Waals surface area contributed by atoms with E-state index in [4.69, 9.17) is 16.3 Å². The van der Waals surface area contributed by atoms with Gasteiger partial charge in [0.05, 0.1) is 41.8 Å². The monoisotopic (exact) mass is 487 g/mol. The molecule has 0 radical (unpaired) electrons. The fraction of sp³-hybridized carbons (Fsp3) is 0.440. The van der Waals surface area contributed by atoms with E-state index in [1.165, 1.54) is 22.7 Å². The molecule has 0 saturated carbocycles. The van der Waals surface area contributed by atoms with Crippen LogP contribution in [0.5, 0.6) is 0 Å². The Kier molecular flexibility index (Phi) is 9.76. The van der Waals surface area contributed by atoms with Crippen molar-refractivity contribution in [2.24, 2.45) is 5.92 Å².